The molecule has 3 heteroatoms. The summed E-state index contributed by atoms with van der Waals surface area (Å²) in [6.45, 7) is 1.88. The third-order valence-electron chi connectivity index (χ3n) is 4.25. The molecule has 1 unspecified atom stereocenters. The molecule has 2 rings (SSSR count). The minimum atomic E-state index is -0.151. The van der Waals surface area contributed by atoms with E-state index in [0.717, 1.165) is 5.56 Å². The molecule has 1 aromatic rings. The lowest BCUT2D eigenvalue weighted by Gasteiger charge is -2.30. The molecule has 0 spiro atoms. The lowest BCUT2D eigenvalue weighted by molar-refractivity contribution is 0.537. The van der Waals surface area contributed by atoms with E-state index in [2.05, 4.69) is 4.90 Å². The highest BCUT2D eigenvalue weighted by Crippen LogP contribution is 2.28. The topological polar surface area (TPSA) is 29.3 Å². The van der Waals surface area contributed by atoms with E-state index in [-0.39, 0.29) is 11.9 Å². The Morgan fingerprint density at radius 1 is 1.21 bits per heavy atom. The first-order valence-electron chi connectivity index (χ1n) is 7.37. The first kappa shape index (κ1) is 14.3. The summed E-state index contributed by atoms with van der Waals surface area (Å²) >= 11 is 0. The average molecular weight is 264 g/mol. The number of anilines is 1. The lowest BCUT2D eigenvalue weighted by atomic mass is 10.0. The second-order valence-corrected chi connectivity index (χ2v) is 5.76. The van der Waals surface area contributed by atoms with Crippen molar-refractivity contribution in [3.8, 4) is 0 Å². The van der Waals surface area contributed by atoms with Gasteiger partial charge >= 0.3 is 0 Å². The van der Waals surface area contributed by atoms with E-state index in [9.17, 15) is 4.39 Å². The maximum absolute atomic E-state index is 14.2. The van der Waals surface area contributed by atoms with Gasteiger partial charge in [0.2, 0.25) is 0 Å². The molecule has 1 fully saturated rings. The first-order valence-corrected chi connectivity index (χ1v) is 7.37. The molecule has 2 N–H and O–H groups in total. The van der Waals surface area contributed by atoms with Gasteiger partial charge in [0.25, 0.3) is 0 Å². The molecule has 1 atom stereocenters. The van der Waals surface area contributed by atoms with Gasteiger partial charge in [0.05, 0.1) is 5.69 Å². The van der Waals surface area contributed by atoms with Gasteiger partial charge in [-0.3, -0.25) is 0 Å². The van der Waals surface area contributed by atoms with Gasteiger partial charge in [0.1, 0.15) is 5.82 Å². The Kier molecular flexibility index (Phi) is 4.81. The van der Waals surface area contributed by atoms with Gasteiger partial charge in [-0.05, 0) is 37.5 Å². The number of hydrogen-bond acceptors (Lipinski definition) is 2. The molecule has 1 saturated carbocycles. The van der Waals surface area contributed by atoms with Crippen molar-refractivity contribution in [1.82, 2.24) is 0 Å². The highest BCUT2D eigenvalue weighted by molar-refractivity contribution is 5.49. The Hall–Kier alpha value is -1.09. The van der Waals surface area contributed by atoms with Crippen LogP contribution in [0.3, 0.4) is 0 Å². The standard InChI is InChI=1S/C16H25FN2/c1-12(18)13-9-10-16(15(17)11-13)19(2)14-7-5-3-4-6-8-14/h9-12,14H,3-8,18H2,1-2H3. The number of benzene rings is 1. The normalized spacial score (nSPS) is 18.9. The molecule has 0 saturated heterocycles. The fourth-order valence-electron chi connectivity index (χ4n) is 2.93. The van der Waals surface area contributed by atoms with Crippen molar-refractivity contribution in [3.05, 3.63) is 29.6 Å². The van der Waals surface area contributed by atoms with Crippen LogP contribution in [-0.4, -0.2) is 13.1 Å². The minimum Gasteiger partial charge on any atom is -0.369 e. The molecular formula is C16H25FN2. The lowest BCUT2D eigenvalue weighted by Crippen LogP contribution is -2.31. The molecule has 0 aromatic heterocycles. The molecule has 19 heavy (non-hydrogen) atoms. The maximum atomic E-state index is 14.2. The third kappa shape index (κ3) is 3.47. The number of halogens is 1. The van der Waals surface area contributed by atoms with Gasteiger partial charge in [-0.1, -0.05) is 31.7 Å². The monoisotopic (exact) mass is 264 g/mol. The molecule has 106 valence electrons. The average Bonchev–Trinajstić information content (AvgIpc) is 2.66. The summed E-state index contributed by atoms with van der Waals surface area (Å²) in [5.74, 6) is -0.151. The van der Waals surface area contributed by atoms with Crippen molar-refractivity contribution in [3.63, 3.8) is 0 Å². The van der Waals surface area contributed by atoms with Crippen LogP contribution in [0, 0.1) is 5.82 Å². The van der Waals surface area contributed by atoms with Crippen LogP contribution < -0.4 is 10.6 Å². The largest absolute Gasteiger partial charge is 0.369 e. The number of nitrogens with two attached hydrogens (primary N) is 1. The second-order valence-electron chi connectivity index (χ2n) is 5.76. The van der Waals surface area contributed by atoms with E-state index < -0.39 is 0 Å². The molecule has 0 radical (unpaired) electrons. The van der Waals surface area contributed by atoms with Crippen molar-refractivity contribution in [2.75, 3.05) is 11.9 Å². The fraction of sp³-hybridized carbons (Fsp3) is 0.625. The molecule has 0 aliphatic heterocycles. The SMILES string of the molecule is CC(N)c1ccc(N(C)C2CCCCCC2)c(F)c1. The van der Waals surface area contributed by atoms with Gasteiger partial charge in [-0.2, -0.15) is 0 Å². The molecule has 0 bridgehead atoms. The number of nitrogens with zero attached hydrogens (tertiary/aromatic N) is 1. The smallest absolute Gasteiger partial charge is 0.146 e. The van der Waals surface area contributed by atoms with E-state index in [1.165, 1.54) is 38.5 Å². The number of hydrogen-bond donors (Lipinski definition) is 1. The minimum absolute atomic E-state index is 0.119. The molecular weight excluding hydrogens is 239 g/mol. The highest BCUT2D eigenvalue weighted by atomic mass is 19.1. The molecule has 0 amide bonds. The maximum Gasteiger partial charge on any atom is 0.146 e. The summed E-state index contributed by atoms with van der Waals surface area (Å²) in [5.41, 5.74) is 7.35. The summed E-state index contributed by atoms with van der Waals surface area (Å²) in [6, 6.07) is 5.74. The summed E-state index contributed by atoms with van der Waals surface area (Å²) in [5, 5.41) is 0. The van der Waals surface area contributed by atoms with Crippen LogP contribution in [0.25, 0.3) is 0 Å². The van der Waals surface area contributed by atoms with E-state index in [1.54, 1.807) is 6.07 Å². The van der Waals surface area contributed by atoms with E-state index in [4.69, 9.17) is 5.73 Å². The zero-order valence-electron chi connectivity index (χ0n) is 12.0. The van der Waals surface area contributed by atoms with E-state index in [1.807, 2.05) is 26.1 Å². The van der Waals surface area contributed by atoms with Gasteiger partial charge in [-0.25, -0.2) is 4.39 Å². The van der Waals surface area contributed by atoms with Gasteiger partial charge in [0, 0.05) is 19.1 Å². The molecule has 2 nitrogen and oxygen atoms in total. The van der Waals surface area contributed by atoms with Crippen molar-refractivity contribution in [2.24, 2.45) is 5.73 Å². The van der Waals surface area contributed by atoms with Crippen LogP contribution in [0.5, 0.6) is 0 Å². The van der Waals surface area contributed by atoms with Crippen LogP contribution in [0.1, 0.15) is 57.1 Å². The summed E-state index contributed by atoms with van der Waals surface area (Å²) in [6.07, 6.45) is 7.49. The van der Waals surface area contributed by atoms with Crippen molar-refractivity contribution < 1.29 is 4.39 Å². The van der Waals surface area contributed by atoms with Gasteiger partial charge in [0.15, 0.2) is 0 Å². The van der Waals surface area contributed by atoms with Gasteiger partial charge < -0.3 is 10.6 Å². The Balaban J connectivity index is 2.15. The molecule has 1 aliphatic carbocycles. The Morgan fingerprint density at radius 3 is 2.37 bits per heavy atom. The molecule has 1 aliphatic rings. The Morgan fingerprint density at radius 2 is 1.84 bits per heavy atom. The quantitative estimate of drug-likeness (QED) is 0.836. The Bertz CT molecular complexity index is 409. The van der Waals surface area contributed by atoms with Crippen molar-refractivity contribution >= 4 is 5.69 Å². The van der Waals surface area contributed by atoms with Crippen LogP contribution in [0.15, 0.2) is 18.2 Å². The molecule has 1 aromatic carbocycles. The van der Waals surface area contributed by atoms with Gasteiger partial charge in [-0.15, -0.1) is 0 Å². The van der Waals surface area contributed by atoms with Crippen LogP contribution in [-0.2, 0) is 0 Å². The van der Waals surface area contributed by atoms with Crippen molar-refractivity contribution in [2.45, 2.75) is 57.5 Å². The highest BCUT2D eigenvalue weighted by Gasteiger charge is 2.19. The zero-order chi connectivity index (χ0) is 13.8. The first-order chi connectivity index (χ1) is 9.09. The molecule has 0 heterocycles. The van der Waals surface area contributed by atoms with Crippen LogP contribution in [0.4, 0.5) is 10.1 Å². The predicted octanol–water partition coefficient (Wildman–Crippen LogP) is 4.00. The third-order valence-corrected chi connectivity index (χ3v) is 4.25. The van der Waals surface area contributed by atoms with E-state index in [0.29, 0.717) is 11.7 Å². The number of rotatable bonds is 3. The van der Waals surface area contributed by atoms with Crippen LogP contribution in [0.2, 0.25) is 0 Å². The Labute approximate surface area is 115 Å². The summed E-state index contributed by atoms with van der Waals surface area (Å²) in [7, 11) is 2.01. The zero-order valence-corrected chi connectivity index (χ0v) is 12.0. The van der Waals surface area contributed by atoms with Crippen LogP contribution >= 0.6 is 0 Å². The fourth-order valence-corrected chi connectivity index (χ4v) is 2.93. The van der Waals surface area contributed by atoms with E-state index >= 15 is 0 Å². The predicted molar refractivity (Wildman–Crippen MR) is 78.9 cm³/mol. The summed E-state index contributed by atoms with van der Waals surface area (Å²) in [4.78, 5) is 2.12. The summed E-state index contributed by atoms with van der Waals surface area (Å²) < 4.78 is 14.2. The van der Waals surface area contributed by atoms with Crippen molar-refractivity contribution in [1.29, 1.82) is 0 Å². The second kappa shape index (κ2) is 6.38.